The van der Waals surface area contributed by atoms with Crippen LogP contribution in [-0.4, -0.2) is 60.6 Å². The van der Waals surface area contributed by atoms with Crippen LogP contribution >= 0.6 is 11.6 Å². The molecule has 1 aliphatic heterocycles. The van der Waals surface area contributed by atoms with Crippen LogP contribution in [0.1, 0.15) is 32.1 Å². The van der Waals surface area contributed by atoms with Gasteiger partial charge in [0.2, 0.25) is 0 Å². The third-order valence-corrected chi connectivity index (χ3v) is 5.25. The second-order valence-corrected chi connectivity index (χ2v) is 7.33. The number of hydrogen-bond acceptors (Lipinski definition) is 3. The SMILES string of the molecule is O=C(COc1cccc(Cl)c1)N1CCN(C(=O)NC2CCCCC2)CC1. The lowest BCUT2D eigenvalue weighted by atomic mass is 9.96. The van der Waals surface area contributed by atoms with Gasteiger partial charge in [0.05, 0.1) is 0 Å². The second kappa shape index (κ2) is 9.12. The molecule has 1 aliphatic carbocycles. The Morgan fingerprint density at radius 3 is 2.46 bits per heavy atom. The van der Waals surface area contributed by atoms with Crippen LogP contribution < -0.4 is 10.1 Å². The Morgan fingerprint density at radius 2 is 1.77 bits per heavy atom. The van der Waals surface area contributed by atoms with Crippen molar-refractivity contribution in [3.05, 3.63) is 29.3 Å². The van der Waals surface area contributed by atoms with Gasteiger partial charge in [-0.05, 0) is 31.0 Å². The average Bonchev–Trinajstić information content (AvgIpc) is 2.67. The second-order valence-electron chi connectivity index (χ2n) is 6.90. The number of urea groups is 1. The normalized spacial score (nSPS) is 18.5. The van der Waals surface area contributed by atoms with E-state index in [1.807, 2.05) is 0 Å². The molecule has 1 aromatic carbocycles. The van der Waals surface area contributed by atoms with Gasteiger partial charge in [0, 0.05) is 37.2 Å². The van der Waals surface area contributed by atoms with E-state index in [0.717, 1.165) is 12.8 Å². The van der Waals surface area contributed by atoms with Gasteiger partial charge >= 0.3 is 6.03 Å². The number of benzene rings is 1. The Balaban J connectivity index is 1.39. The van der Waals surface area contributed by atoms with Crippen molar-refractivity contribution in [1.29, 1.82) is 0 Å². The first kappa shape index (κ1) is 18.8. The fourth-order valence-corrected chi connectivity index (χ4v) is 3.65. The number of rotatable bonds is 4. The van der Waals surface area contributed by atoms with E-state index in [0.29, 0.717) is 43.0 Å². The van der Waals surface area contributed by atoms with Gasteiger partial charge < -0.3 is 19.9 Å². The van der Waals surface area contributed by atoms with E-state index in [4.69, 9.17) is 16.3 Å². The highest BCUT2D eigenvalue weighted by Crippen LogP contribution is 2.18. The number of carbonyl (C=O) groups is 2. The highest BCUT2D eigenvalue weighted by atomic mass is 35.5. The third kappa shape index (κ3) is 5.27. The molecule has 1 heterocycles. The van der Waals surface area contributed by atoms with Crippen LogP contribution in [0.5, 0.6) is 5.75 Å². The van der Waals surface area contributed by atoms with E-state index in [2.05, 4.69) is 5.32 Å². The lowest BCUT2D eigenvalue weighted by molar-refractivity contribution is -0.134. The number of nitrogens with one attached hydrogen (secondary N) is 1. The highest BCUT2D eigenvalue weighted by molar-refractivity contribution is 6.30. The third-order valence-electron chi connectivity index (χ3n) is 5.01. The van der Waals surface area contributed by atoms with Crippen LogP contribution in [0.15, 0.2) is 24.3 Å². The van der Waals surface area contributed by atoms with Crippen LogP contribution in [0.2, 0.25) is 5.02 Å². The summed E-state index contributed by atoms with van der Waals surface area (Å²) in [5, 5.41) is 3.71. The molecule has 7 heteroatoms. The summed E-state index contributed by atoms with van der Waals surface area (Å²) < 4.78 is 5.51. The monoisotopic (exact) mass is 379 g/mol. The number of carbonyl (C=O) groups excluding carboxylic acids is 2. The Hall–Kier alpha value is -1.95. The van der Waals surface area contributed by atoms with Gasteiger partial charge in [0.25, 0.3) is 5.91 Å². The molecule has 3 rings (SSSR count). The van der Waals surface area contributed by atoms with Crippen molar-refractivity contribution in [2.24, 2.45) is 0 Å². The number of ether oxygens (including phenoxy) is 1. The molecule has 0 spiro atoms. The minimum atomic E-state index is -0.0719. The minimum Gasteiger partial charge on any atom is -0.484 e. The molecule has 1 N–H and O–H groups in total. The Morgan fingerprint density at radius 1 is 1.08 bits per heavy atom. The van der Waals surface area contributed by atoms with Crippen LogP contribution in [-0.2, 0) is 4.79 Å². The van der Waals surface area contributed by atoms with E-state index in [9.17, 15) is 9.59 Å². The minimum absolute atomic E-state index is 0.000763. The molecule has 0 atom stereocenters. The van der Waals surface area contributed by atoms with Crippen LogP contribution in [0, 0.1) is 0 Å². The molecular formula is C19H26ClN3O3. The summed E-state index contributed by atoms with van der Waals surface area (Å²) in [6.45, 7) is 2.17. The summed E-state index contributed by atoms with van der Waals surface area (Å²) in [5.74, 6) is 0.508. The first-order chi connectivity index (χ1) is 12.6. The fourth-order valence-electron chi connectivity index (χ4n) is 3.46. The molecule has 1 aromatic rings. The predicted octanol–water partition coefficient (Wildman–Crippen LogP) is 2.91. The fraction of sp³-hybridized carbons (Fsp3) is 0.579. The number of nitrogens with zero attached hydrogens (tertiary/aromatic N) is 2. The zero-order chi connectivity index (χ0) is 18.4. The molecule has 0 unspecified atom stereocenters. The molecule has 1 saturated carbocycles. The summed E-state index contributed by atoms with van der Waals surface area (Å²) in [6.07, 6.45) is 5.81. The van der Waals surface area contributed by atoms with E-state index in [-0.39, 0.29) is 18.5 Å². The molecule has 6 nitrogen and oxygen atoms in total. The van der Waals surface area contributed by atoms with Crippen molar-refractivity contribution >= 4 is 23.5 Å². The maximum Gasteiger partial charge on any atom is 0.317 e. The molecule has 142 valence electrons. The molecule has 26 heavy (non-hydrogen) atoms. The Bertz CT molecular complexity index is 626. The van der Waals surface area contributed by atoms with Gasteiger partial charge in [-0.2, -0.15) is 0 Å². The quantitative estimate of drug-likeness (QED) is 0.874. The summed E-state index contributed by atoms with van der Waals surface area (Å²) in [4.78, 5) is 28.2. The van der Waals surface area contributed by atoms with Gasteiger partial charge in [0.1, 0.15) is 5.75 Å². The topological polar surface area (TPSA) is 61.9 Å². The highest BCUT2D eigenvalue weighted by Gasteiger charge is 2.26. The molecule has 0 aromatic heterocycles. The van der Waals surface area contributed by atoms with Crippen molar-refractivity contribution in [1.82, 2.24) is 15.1 Å². The number of hydrogen-bond donors (Lipinski definition) is 1. The molecule has 3 amide bonds. The van der Waals surface area contributed by atoms with Gasteiger partial charge in [-0.1, -0.05) is 36.9 Å². The van der Waals surface area contributed by atoms with Crippen LogP contribution in [0.4, 0.5) is 4.79 Å². The predicted molar refractivity (Wildman–Crippen MR) is 101 cm³/mol. The van der Waals surface area contributed by atoms with Crippen LogP contribution in [0.25, 0.3) is 0 Å². The van der Waals surface area contributed by atoms with E-state index in [1.165, 1.54) is 19.3 Å². The first-order valence-corrected chi connectivity index (χ1v) is 9.71. The van der Waals surface area contributed by atoms with Gasteiger partial charge in [-0.25, -0.2) is 4.79 Å². The average molecular weight is 380 g/mol. The Labute approximate surface area is 159 Å². The largest absolute Gasteiger partial charge is 0.484 e. The molecule has 2 aliphatic rings. The standard InChI is InChI=1S/C19H26ClN3O3/c20-15-5-4-8-17(13-15)26-14-18(24)22-9-11-23(12-10-22)19(25)21-16-6-2-1-3-7-16/h4-5,8,13,16H,1-3,6-7,9-12,14H2,(H,21,25). The van der Waals surface area contributed by atoms with Crippen molar-refractivity contribution in [3.8, 4) is 5.75 Å². The van der Waals surface area contributed by atoms with Crippen molar-refractivity contribution in [2.45, 2.75) is 38.1 Å². The smallest absolute Gasteiger partial charge is 0.317 e. The van der Waals surface area contributed by atoms with E-state index >= 15 is 0 Å². The summed E-state index contributed by atoms with van der Waals surface area (Å²) in [6, 6.07) is 7.30. The molecule has 0 bridgehead atoms. The molecular weight excluding hydrogens is 354 g/mol. The zero-order valence-corrected chi connectivity index (χ0v) is 15.7. The number of amides is 3. The van der Waals surface area contributed by atoms with Gasteiger partial charge in [0.15, 0.2) is 6.61 Å². The Kier molecular flexibility index (Phi) is 6.61. The van der Waals surface area contributed by atoms with Crippen LogP contribution in [0.3, 0.4) is 0 Å². The molecule has 1 saturated heterocycles. The van der Waals surface area contributed by atoms with Gasteiger partial charge in [-0.3, -0.25) is 4.79 Å². The first-order valence-electron chi connectivity index (χ1n) is 9.33. The maximum atomic E-state index is 12.4. The number of piperazine rings is 1. The number of halogens is 1. The lowest BCUT2D eigenvalue weighted by Crippen LogP contribution is -2.55. The van der Waals surface area contributed by atoms with Gasteiger partial charge in [-0.15, -0.1) is 0 Å². The maximum absolute atomic E-state index is 12.4. The zero-order valence-electron chi connectivity index (χ0n) is 15.0. The summed E-state index contributed by atoms with van der Waals surface area (Å²) in [5.41, 5.74) is 0. The van der Waals surface area contributed by atoms with E-state index < -0.39 is 0 Å². The van der Waals surface area contributed by atoms with Crippen molar-refractivity contribution < 1.29 is 14.3 Å². The molecule has 0 radical (unpaired) electrons. The van der Waals surface area contributed by atoms with Crippen molar-refractivity contribution in [2.75, 3.05) is 32.8 Å². The summed E-state index contributed by atoms with van der Waals surface area (Å²) in [7, 11) is 0. The summed E-state index contributed by atoms with van der Waals surface area (Å²) >= 11 is 5.91. The molecule has 2 fully saturated rings. The van der Waals surface area contributed by atoms with Crippen molar-refractivity contribution in [3.63, 3.8) is 0 Å². The van der Waals surface area contributed by atoms with E-state index in [1.54, 1.807) is 34.1 Å². The lowest BCUT2D eigenvalue weighted by Gasteiger charge is -2.36.